The van der Waals surface area contributed by atoms with E-state index in [1.807, 2.05) is 6.92 Å². The maximum atomic E-state index is 13.5. The summed E-state index contributed by atoms with van der Waals surface area (Å²) in [6.07, 6.45) is 1.10. The van der Waals surface area contributed by atoms with Crippen molar-refractivity contribution in [1.29, 1.82) is 0 Å². The van der Waals surface area contributed by atoms with E-state index >= 15 is 0 Å². The molecular weight excluding hydrogens is 309 g/mol. The summed E-state index contributed by atoms with van der Waals surface area (Å²) in [5.41, 5.74) is -0.236. The van der Waals surface area contributed by atoms with Crippen LogP contribution in [0.15, 0.2) is 17.0 Å². The second-order valence-electron chi connectivity index (χ2n) is 4.31. The Labute approximate surface area is 121 Å². The van der Waals surface area contributed by atoms with Crippen molar-refractivity contribution in [2.24, 2.45) is 5.14 Å². The van der Waals surface area contributed by atoms with Crippen LogP contribution in [0.4, 0.5) is 4.39 Å². The lowest BCUT2D eigenvalue weighted by molar-refractivity contribution is 0.0323. The third-order valence-electron chi connectivity index (χ3n) is 2.55. The number of primary sulfonamides is 1. The summed E-state index contributed by atoms with van der Waals surface area (Å²) in [5, 5.41) is 4.63. The van der Waals surface area contributed by atoms with Crippen LogP contribution in [0.1, 0.15) is 37.0 Å². The molecule has 8 heteroatoms. The molecule has 1 rings (SSSR count). The molecule has 0 aliphatic heterocycles. The van der Waals surface area contributed by atoms with E-state index in [4.69, 9.17) is 21.5 Å². The van der Waals surface area contributed by atoms with Gasteiger partial charge in [0.05, 0.1) is 16.7 Å². The highest BCUT2D eigenvalue weighted by Gasteiger charge is 2.22. The van der Waals surface area contributed by atoms with Crippen LogP contribution in [0.5, 0.6) is 0 Å². The Morgan fingerprint density at radius 2 is 2.10 bits per heavy atom. The molecule has 20 heavy (non-hydrogen) atoms. The third-order valence-corrected chi connectivity index (χ3v) is 3.79. The third kappa shape index (κ3) is 4.16. The fourth-order valence-corrected chi connectivity index (χ4v) is 2.46. The zero-order valence-electron chi connectivity index (χ0n) is 11.0. The molecule has 1 unspecified atom stereocenters. The van der Waals surface area contributed by atoms with E-state index in [-0.39, 0.29) is 16.7 Å². The first-order valence-electron chi connectivity index (χ1n) is 5.89. The summed E-state index contributed by atoms with van der Waals surface area (Å²) in [7, 11) is -4.29. The van der Waals surface area contributed by atoms with Gasteiger partial charge in [0.25, 0.3) is 0 Å². The molecule has 0 aliphatic rings. The van der Waals surface area contributed by atoms with Crippen LogP contribution in [0.25, 0.3) is 0 Å². The monoisotopic (exact) mass is 323 g/mol. The molecule has 0 aliphatic carbocycles. The van der Waals surface area contributed by atoms with Crippen LogP contribution in [0.3, 0.4) is 0 Å². The SMILES string of the molecule is CCCC(C)OC(=O)c1cc(S(N)(=O)=O)c(F)cc1Cl. The molecule has 0 heterocycles. The average Bonchev–Trinajstić information content (AvgIpc) is 2.26. The number of hydrogen-bond donors (Lipinski definition) is 1. The lowest BCUT2D eigenvalue weighted by Crippen LogP contribution is -2.18. The molecule has 2 N–H and O–H groups in total. The number of ether oxygens (including phenoxy) is 1. The molecule has 0 fully saturated rings. The first-order chi connectivity index (χ1) is 9.16. The minimum absolute atomic E-state index is 0.233. The fraction of sp³-hybridized carbons (Fsp3) is 0.417. The number of sulfonamides is 1. The lowest BCUT2D eigenvalue weighted by Gasteiger charge is -2.13. The molecule has 0 spiro atoms. The number of esters is 1. The number of nitrogens with two attached hydrogens (primary N) is 1. The fourth-order valence-electron chi connectivity index (χ4n) is 1.62. The maximum absolute atomic E-state index is 13.5. The summed E-state index contributed by atoms with van der Waals surface area (Å²) in [4.78, 5) is 11.1. The van der Waals surface area contributed by atoms with E-state index in [9.17, 15) is 17.6 Å². The standard InChI is InChI=1S/C12H15ClFNO4S/c1-3-4-7(2)19-12(16)8-5-11(20(15,17)18)10(14)6-9(8)13/h5-7H,3-4H2,1-2H3,(H2,15,17,18). The summed E-state index contributed by atoms with van der Waals surface area (Å²) < 4.78 is 41.0. The highest BCUT2D eigenvalue weighted by Crippen LogP contribution is 2.24. The Bertz CT molecular complexity index is 618. The first kappa shape index (κ1) is 16.9. The molecule has 112 valence electrons. The highest BCUT2D eigenvalue weighted by atomic mass is 35.5. The van der Waals surface area contributed by atoms with Crippen LogP contribution in [0.2, 0.25) is 5.02 Å². The van der Waals surface area contributed by atoms with Gasteiger partial charge in [-0.3, -0.25) is 0 Å². The average molecular weight is 324 g/mol. The van der Waals surface area contributed by atoms with Crippen molar-refractivity contribution in [3.63, 3.8) is 0 Å². The van der Waals surface area contributed by atoms with E-state index in [2.05, 4.69) is 0 Å². The number of carbonyl (C=O) groups excluding carboxylic acids is 1. The van der Waals surface area contributed by atoms with Crippen molar-refractivity contribution < 1.29 is 22.3 Å². The largest absolute Gasteiger partial charge is 0.459 e. The molecule has 0 aromatic heterocycles. The van der Waals surface area contributed by atoms with Crippen molar-refractivity contribution in [2.45, 2.75) is 37.7 Å². The summed E-state index contributed by atoms with van der Waals surface area (Å²) in [5.74, 6) is -1.93. The van der Waals surface area contributed by atoms with Crippen molar-refractivity contribution in [3.05, 3.63) is 28.5 Å². The Kier molecular flexibility index (Phi) is 5.50. The van der Waals surface area contributed by atoms with Gasteiger partial charge in [0.1, 0.15) is 10.7 Å². The molecular formula is C12H15ClFNO4S. The van der Waals surface area contributed by atoms with E-state index in [1.54, 1.807) is 6.92 Å². The predicted octanol–water partition coefficient (Wildman–Crippen LogP) is 2.47. The molecule has 1 aromatic carbocycles. The smallest absolute Gasteiger partial charge is 0.339 e. The predicted molar refractivity (Wildman–Crippen MR) is 72.6 cm³/mol. The van der Waals surface area contributed by atoms with E-state index in [0.717, 1.165) is 18.6 Å². The van der Waals surface area contributed by atoms with Gasteiger partial charge in [0.2, 0.25) is 10.0 Å². The molecule has 0 radical (unpaired) electrons. The molecule has 5 nitrogen and oxygen atoms in total. The molecule has 0 amide bonds. The van der Waals surface area contributed by atoms with Crippen molar-refractivity contribution in [2.75, 3.05) is 0 Å². The number of carbonyl (C=O) groups is 1. The normalized spacial score (nSPS) is 13.1. The Hall–Kier alpha value is -1.18. The summed E-state index contributed by atoms with van der Waals surface area (Å²) in [6, 6.07) is 1.51. The lowest BCUT2D eigenvalue weighted by atomic mass is 10.2. The van der Waals surface area contributed by atoms with Crippen molar-refractivity contribution in [3.8, 4) is 0 Å². The van der Waals surface area contributed by atoms with Gasteiger partial charge < -0.3 is 4.74 Å². The van der Waals surface area contributed by atoms with E-state index in [0.29, 0.717) is 6.42 Å². The van der Waals surface area contributed by atoms with Crippen LogP contribution >= 0.6 is 11.6 Å². The number of rotatable bonds is 5. The number of hydrogen-bond acceptors (Lipinski definition) is 4. The maximum Gasteiger partial charge on any atom is 0.339 e. The van der Waals surface area contributed by atoms with Crippen LogP contribution in [-0.4, -0.2) is 20.5 Å². The number of benzene rings is 1. The molecule has 1 atom stereocenters. The van der Waals surface area contributed by atoms with Gasteiger partial charge in [-0.25, -0.2) is 22.7 Å². The Morgan fingerprint density at radius 3 is 2.60 bits per heavy atom. The molecule has 0 saturated heterocycles. The molecule has 1 aromatic rings. The van der Waals surface area contributed by atoms with Gasteiger partial charge in [0, 0.05) is 0 Å². The van der Waals surface area contributed by atoms with Gasteiger partial charge >= 0.3 is 5.97 Å². The topological polar surface area (TPSA) is 86.5 Å². The van der Waals surface area contributed by atoms with Crippen LogP contribution in [-0.2, 0) is 14.8 Å². The Morgan fingerprint density at radius 1 is 1.50 bits per heavy atom. The van der Waals surface area contributed by atoms with Crippen LogP contribution in [0, 0.1) is 5.82 Å². The second kappa shape index (κ2) is 6.51. The van der Waals surface area contributed by atoms with Gasteiger partial charge in [-0.05, 0) is 25.5 Å². The van der Waals surface area contributed by atoms with Gasteiger partial charge in [-0.15, -0.1) is 0 Å². The zero-order chi connectivity index (χ0) is 15.5. The van der Waals surface area contributed by atoms with Gasteiger partial charge in [0.15, 0.2) is 0 Å². The minimum atomic E-state index is -4.29. The Balaban J connectivity index is 3.16. The second-order valence-corrected chi connectivity index (χ2v) is 6.25. The van der Waals surface area contributed by atoms with Crippen LogP contribution < -0.4 is 5.14 Å². The van der Waals surface area contributed by atoms with Crippen molar-refractivity contribution in [1.82, 2.24) is 0 Å². The van der Waals surface area contributed by atoms with Gasteiger partial charge in [-0.1, -0.05) is 24.9 Å². The number of halogens is 2. The van der Waals surface area contributed by atoms with E-state index < -0.39 is 26.7 Å². The van der Waals surface area contributed by atoms with Crippen molar-refractivity contribution >= 4 is 27.6 Å². The molecule has 0 bridgehead atoms. The van der Waals surface area contributed by atoms with E-state index in [1.165, 1.54) is 0 Å². The summed E-state index contributed by atoms with van der Waals surface area (Å²) >= 11 is 5.73. The zero-order valence-corrected chi connectivity index (χ0v) is 12.6. The van der Waals surface area contributed by atoms with Gasteiger partial charge in [-0.2, -0.15) is 0 Å². The first-order valence-corrected chi connectivity index (χ1v) is 7.82. The summed E-state index contributed by atoms with van der Waals surface area (Å²) in [6.45, 7) is 3.62. The molecule has 0 saturated carbocycles. The quantitative estimate of drug-likeness (QED) is 0.843. The minimum Gasteiger partial charge on any atom is -0.459 e. The highest BCUT2D eigenvalue weighted by molar-refractivity contribution is 7.89.